The number of aliphatic hydroxyl groups excluding tert-OH is 1. The highest BCUT2D eigenvalue weighted by Crippen LogP contribution is 2.30. The summed E-state index contributed by atoms with van der Waals surface area (Å²) < 4.78 is 0. The topological polar surface area (TPSA) is 52.6 Å². The molecule has 1 saturated carbocycles. The third-order valence-corrected chi connectivity index (χ3v) is 6.43. The van der Waals surface area contributed by atoms with E-state index in [0.29, 0.717) is 11.3 Å². The Morgan fingerprint density at radius 3 is 2.58 bits per heavy atom. The molecule has 2 fully saturated rings. The zero-order chi connectivity index (χ0) is 16.9. The lowest BCUT2D eigenvalue weighted by atomic mass is 10.1. The van der Waals surface area contributed by atoms with Gasteiger partial charge in [0.05, 0.1) is 6.10 Å². The van der Waals surface area contributed by atoms with E-state index in [-0.39, 0.29) is 12.0 Å². The minimum atomic E-state index is -0.161. The lowest BCUT2D eigenvalue weighted by Crippen LogP contribution is -2.39. The Morgan fingerprint density at radius 1 is 1.21 bits per heavy atom. The van der Waals surface area contributed by atoms with Crippen LogP contribution in [-0.2, 0) is 0 Å². The van der Waals surface area contributed by atoms with Gasteiger partial charge in [0.25, 0.3) is 5.91 Å². The van der Waals surface area contributed by atoms with Gasteiger partial charge in [-0.25, -0.2) is 0 Å². The highest BCUT2D eigenvalue weighted by Gasteiger charge is 2.28. The Labute approximate surface area is 149 Å². The molecule has 2 atom stereocenters. The van der Waals surface area contributed by atoms with E-state index >= 15 is 0 Å². The maximum atomic E-state index is 12.5. The third kappa shape index (κ3) is 4.25. The standard InChI is InChI=1S/C19H28N2O2S/c1-2-24-18-5-3-4-17(18)20-19(23)14-6-8-15(9-7-14)21-12-10-16(22)11-13-21/h6-9,16-18,22H,2-5,10-13H2,1H3,(H,20,23). The molecule has 0 spiro atoms. The molecule has 2 N–H and O–H groups in total. The summed E-state index contributed by atoms with van der Waals surface area (Å²) in [6.45, 7) is 3.94. The molecule has 24 heavy (non-hydrogen) atoms. The molecule has 2 unspecified atom stereocenters. The lowest BCUT2D eigenvalue weighted by molar-refractivity contribution is 0.0938. The Balaban J connectivity index is 1.57. The summed E-state index contributed by atoms with van der Waals surface area (Å²) in [6, 6.07) is 8.21. The van der Waals surface area contributed by atoms with Crippen LogP contribution in [0.1, 0.15) is 49.4 Å². The smallest absolute Gasteiger partial charge is 0.251 e. The quantitative estimate of drug-likeness (QED) is 0.859. The van der Waals surface area contributed by atoms with E-state index in [1.54, 1.807) is 0 Å². The summed E-state index contributed by atoms with van der Waals surface area (Å²) in [5.41, 5.74) is 1.88. The highest BCUT2D eigenvalue weighted by molar-refractivity contribution is 7.99. The number of benzene rings is 1. The molecule has 4 nitrogen and oxygen atoms in total. The molecule has 1 heterocycles. The zero-order valence-corrected chi connectivity index (χ0v) is 15.2. The summed E-state index contributed by atoms with van der Waals surface area (Å²) in [7, 11) is 0. The maximum Gasteiger partial charge on any atom is 0.251 e. The number of anilines is 1. The predicted molar refractivity (Wildman–Crippen MR) is 101 cm³/mol. The number of nitrogens with zero attached hydrogens (tertiary/aromatic N) is 1. The third-order valence-electron chi connectivity index (χ3n) is 5.11. The Bertz CT molecular complexity index is 541. The Morgan fingerprint density at radius 2 is 1.92 bits per heavy atom. The second-order valence-corrected chi connectivity index (χ2v) is 8.29. The predicted octanol–water partition coefficient (Wildman–Crippen LogP) is 3.05. The van der Waals surface area contributed by atoms with Crippen LogP contribution in [0.4, 0.5) is 5.69 Å². The van der Waals surface area contributed by atoms with Crippen molar-refractivity contribution in [2.24, 2.45) is 0 Å². The molecule has 0 aromatic heterocycles. The van der Waals surface area contributed by atoms with Crippen molar-refractivity contribution in [3.05, 3.63) is 29.8 Å². The van der Waals surface area contributed by atoms with Crippen LogP contribution in [0.3, 0.4) is 0 Å². The molecule has 1 aliphatic heterocycles. The lowest BCUT2D eigenvalue weighted by Gasteiger charge is -2.31. The average molecular weight is 349 g/mol. The second kappa shape index (κ2) is 8.26. The molecule has 2 aliphatic rings. The van der Waals surface area contributed by atoms with Gasteiger partial charge >= 0.3 is 0 Å². The number of nitrogens with one attached hydrogen (secondary N) is 1. The molecule has 1 aliphatic carbocycles. The number of carbonyl (C=O) groups is 1. The number of hydrogen-bond donors (Lipinski definition) is 2. The van der Waals surface area contributed by atoms with Crippen molar-refractivity contribution >= 4 is 23.4 Å². The molecule has 132 valence electrons. The van der Waals surface area contributed by atoms with Crippen LogP contribution in [0, 0.1) is 0 Å². The van der Waals surface area contributed by atoms with E-state index in [0.717, 1.165) is 49.4 Å². The Kier molecular flexibility index (Phi) is 6.06. The first-order chi connectivity index (χ1) is 11.7. The highest BCUT2D eigenvalue weighted by atomic mass is 32.2. The van der Waals surface area contributed by atoms with Gasteiger partial charge < -0.3 is 15.3 Å². The molecule has 1 saturated heterocycles. The number of hydrogen-bond acceptors (Lipinski definition) is 4. The second-order valence-electron chi connectivity index (χ2n) is 6.77. The summed E-state index contributed by atoms with van der Waals surface area (Å²) in [4.78, 5) is 14.8. The van der Waals surface area contributed by atoms with Gasteiger partial charge in [-0.05, 0) is 55.7 Å². The van der Waals surface area contributed by atoms with Gasteiger partial charge in [-0.2, -0.15) is 11.8 Å². The van der Waals surface area contributed by atoms with Crippen LogP contribution in [0.25, 0.3) is 0 Å². The van der Waals surface area contributed by atoms with Gasteiger partial charge in [0.1, 0.15) is 0 Å². The minimum absolute atomic E-state index is 0.0456. The van der Waals surface area contributed by atoms with E-state index in [1.165, 1.54) is 12.8 Å². The summed E-state index contributed by atoms with van der Waals surface area (Å²) >= 11 is 1.96. The first kappa shape index (κ1) is 17.6. The van der Waals surface area contributed by atoms with Crippen molar-refractivity contribution in [2.75, 3.05) is 23.7 Å². The van der Waals surface area contributed by atoms with Crippen molar-refractivity contribution in [3.63, 3.8) is 0 Å². The van der Waals surface area contributed by atoms with E-state index in [1.807, 2.05) is 36.0 Å². The van der Waals surface area contributed by atoms with Gasteiger partial charge in [-0.3, -0.25) is 4.79 Å². The van der Waals surface area contributed by atoms with Crippen LogP contribution in [0.2, 0.25) is 0 Å². The van der Waals surface area contributed by atoms with Crippen molar-refractivity contribution in [1.82, 2.24) is 5.32 Å². The molecule has 1 aromatic rings. The van der Waals surface area contributed by atoms with E-state index in [2.05, 4.69) is 17.1 Å². The molecule has 1 aromatic carbocycles. The number of amides is 1. The number of carbonyl (C=O) groups excluding carboxylic acids is 1. The van der Waals surface area contributed by atoms with Gasteiger partial charge in [-0.1, -0.05) is 13.3 Å². The van der Waals surface area contributed by atoms with Crippen LogP contribution in [0.5, 0.6) is 0 Å². The van der Waals surface area contributed by atoms with Crippen LogP contribution in [-0.4, -0.2) is 47.3 Å². The van der Waals surface area contributed by atoms with Crippen molar-refractivity contribution in [1.29, 1.82) is 0 Å². The van der Waals surface area contributed by atoms with Crippen LogP contribution in [0.15, 0.2) is 24.3 Å². The normalized spacial score (nSPS) is 25.0. The zero-order valence-electron chi connectivity index (χ0n) is 14.4. The van der Waals surface area contributed by atoms with Crippen molar-refractivity contribution in [3.8, 4) is 0 Å². The fourth-order valence-electron chi connectivity index (χ4n) is 3.70. The first-order valence-corrected chi connectivity index (χ1v) is 10.2. The largest absolute Gasteiger partial charge is 0.393 e. The summed E-state index contributed by atoms with van der Waals surface area (Å²) in [5.74, 6) is 1.15. The van der Waals surface area contributed by atoms with Crippen LogP contribution >= 0.6 is 11.8 Å². The van der Waals surface area contributed by atoms with Gasteiger partial charge in [0.15, 0.2) is 0 Å². The summed E-state index contributed by atoms with van der Waals surface area (Å²) in [6.07, 6.45) is 5.00. The number of piperidine rings is 1. The van der Waals surface area contributed by atoms with Crippen molar-refractivity contribution < 1.29 is 9.90 Å². The SMILES string of the molecule is CCSC1CCCC1NC(=O)c1ccc(N2CCC(O)CC2)cc1. The number of rotatable bonds is 5. The molecular weight excluding hydrogens is 320 g/mol. The van der Waals surface area contributed by atoms with Gasteiger partial charge in [-0.15, -0.1) is 0 Å². The van der Waals surface area contributed by atoms with Crippen LogP contribution < -0.4 is 10.2 Å². The molecular formula is C19H28N2O2S. The fourth-order valence-corrected chi connectivity index (χ4v) is 4.90. The average Bonchev–Trinajstić information content (AvgIpc) is 3.03. The molecule has 3 rings (SSSR count). The molecule has 5 heteroatoms. The molecule has 0 radical (unpaired) electrons. The molecule has 1 amide bonds. The molecule has 0 bridgehead atoms. The van der Waals surface area contributed by atoms with Gasteiger partial charge in [0.2, 0.25) is 0 Å². The number of aliphatic hydroxyl groups is 1. The van der Waals surface area contributed by atoms with Gasteiger partial charge in [0, 0.05) is 35.6 Å². The maximum absolute atomic E-state index is 12.5. The van der Waals surface area contributed by atoms with E-state index in [9.17, 15) is 9.90 Å². The fraction of sp³-hybridized carbons (Fsp3) is 0.632. The Hall–Kier alpha value is -1.20. The number of thioether (sulfide) groups is 1. The van der Waals surface area contributed by atoms with E-state index < -0.39 is 0 Å². The minimum Gasteiger partial charge on any atom is -0.393 e. The monoisotopic (exact) mass is 348 g/mol. The summed E-state index contributed by atoms with van der Waals surface area (Å²) in [5, 5.41) is 13.4. The first-order valence-electron chi connectivity index (χ1n) is 9.13. The van der Waals surface area contributed by atoms with Crippen molar-refractivity contribution in [2.45, 2.75) is 56.4 Å². The van der Waals surface area contributed by atoms with E-state index in [4.69, 9.17) is 0 Å².